The molecule has 2 aromatic heterocycles. The Bertz CT molecular complexity index is 1100. The smallest absolute Gasteiger partial charge is 0.415 e. The van der Waals surface area contributed by atoms with Crippen molar-refractivity contribution in [3.8, 4) is 11.6 Å². The van der Waals surface area contributed by atoms with Crippen LogP contribution in [-0.2, 0) is 22.4 Å². The van der Waals surface area contributed by atoms with Crippen LogP contribution in [0, 0.1) is 11.7 Å². The van der Waals surface area contributed by atoms with Gasteiger partial charge < -0.3 is 24.8 Å². The van der Waals surface area contributed by atoms with Crippen molar-refractivity contribution >= 4 is 23.6 Å². The van der Waals surface area contributed by atoms with Gasteiger partial charge in [-0.05, 0) is 56.0 Å². The summed E-state index contributed by atoms with van der Waals surface area (Å²) in [4.78, 5) is 33.6. The topological polar surface area (TPSA) is 115 Å². The van der Waals surface area contributed by atoms with E-state index < -0.39 is 6.09 Å². The van der Waals surface area contributed by atoms with Crippen LogP contribution in [0.25, 0.3) is 0 Å². The highest BCUT2D eigenvalue weighted by Crippen LogP contribution is 2.34. The summed E-state index contributed by atoms with van der Waals surface area (Å²) in [5, 5.41) is 6.02. The number of carbonyl (C=O) groups is 2. The lowest BCUT2D eigenvalue weighted by Gasteiger charge is -2.19. The van der Waals surface area contributed by atoms with E-state index in [0.717, 1.165) is 5.56 Å². The third kappa shape index (κ3) is 4.28. The molecule has 1 saturated heterocycles. The molecular formula is C22H24FN5O5. The Hall–Kier alpha value is -3.47. The Labute approximate surface area is 189 Å². The van der Waals surface area contributed by atoms with Crippen molar-refractivity contribution < 1.29 is 28.2 Å². The zero-order chi connectivity index (χ0) is 22.9. The summed E-state index contributed by atoms with van der Waals surface area (Å²) in [6.07, 6.45) is 2.45. The summed E-state index contributed by atoms with van der Waals surface area (Å²) in [7, 11) is 1.54. The van der Waals surface area contributed by atoms with Gasteiger partial charge in [0.2, 0.25) is 5.88 Å². The molecule has 2 atom stereocenters. The predicted molar refractivity (Wildman–Crippen MR) is 115 cm³/mol. The van der Waals surface area contributed by atoms with Crippen molar-refractivity contribution in [1.82, 2.24) is 15.3 Å². The fourth-order valence-electron chi connectivity index (χ4n) is 4.48. The number of carbonyl (C=O) groups excluding carboxylic acids is 2. The maximum absolute atomic E-state index is 14.1. The maximum atomic E-state index is 14.1. The zero-order valence-corrected chi connectivity index (χ0v) is 18.1. The molecule has 33 heavy (non-hydrogen) atoms. The largest absolute Gasteiger partial charge is 0.481 e. The highest BCUT2D eigenvalue weighted by Gasteiger charge is 2.34. The van der Waals surface area contributed by atoms with E-state index in [1.165, 1.54) is 11.1 Å². The van der Waals surface area contributed by atoms with Crippen LogP contribution in [0.1, 0.15) is 17.5 Å². The molecule has 2 N–H and O–H groups in total. The van der Waals surface area contributed by atoms with E-state index in [1.54, 1.807) is 19.2 Å². The number of hydrogen-bond acceptors (Lipinski definition) is 8. The van der Waals surface area contributed by atoms with E-state index >= 15 is 0 Å². The van der Waals surface area contributed by atoms with E-state index in [2.05, 4.69) is 20.6 Å². The van der Waals surface area contributed by atoms with Crippen LogP contribution in [0.4, 0.5) is 20.8 Å². The van der Waals surface area contributed by atoms with Crippen molar-refractivity contribution in [2.45, 2.75) is 25.4 Å². The van der Waals surface area contributed by atoms with Crippen molar-refractivity contribution in [2.24, 2.45) is 5.92 Å². The quantitative estimate of drug-likeness (QED) is 0.604. The molecule has 4 heterocycles. The maximum Gasteiger partial charge on any atom is 0.415 e. The minimum Gasteiger partial charge on any atom is -0.481 e. The molecule has 0 saturated carbocycles. The Morgan fingerprint density at radius 1 is 1.30 bits per heavy atom. The number of rotatable bonds is 7. The van der Waals surface area contributed by atoms with Gasteiger partial charge in [0, 0.05) is 5.56 Å². The van der Waals surface area contributed by atoms with Gasteiger partial charge >= 0.3 is 6.09 Å². The minimum absolute atomic E-state index is 0.0544. The monoisotopic (exact) mass is 457 g/mol. The first-order valence-electron chi connectivity index (χ1n) is 10.8. The molecule has 2 aromatic rings. The molecule has 1 aliphatic carbocycles. The normalized spacial score (nSPS) is 21.2. The minimum atomic E-state index is -0.475. The molecular weight excluding hydrogens is 433 g/mol. The number of methoxy groups -OCH3 is 1. The van der Waals surface area contributed by atoms with E-state index in [0.29, 0.717) is 67.7 Å². The summed E-state index contributed by atoms with van der Waals surface area (Å²) in [6.45, 7) is 1.68. The third-order valence-electron chi connectivity index (χ3n) is 6.07. The number of pyridine rings is 2. The lowest BCUT2D eigenvalue weighted by molar-refractivity contribution is -0.118. The number of hydrogen-bond donors (Lipinski definition) is 2. The van der Waals surface area contributed by atoms with Gasteiger partial charge in [-0.3, -0.25) is 9.69 Å². The number of fused-ring (bicyclic) bond motifs is 2. The van der Waals surface area contributed by atoms with Crippen LogP contribution in [-0.4, -0.2) is 61.4 Å². The average Bonchev–Trinajstić information content (AvgIpc) is 3.40. The van der Waals surface area contributed by atoms with Crippen LogP contribution in [0.3, 0.4) is 0 Å². The molecule has 0 aromatic carbocycles. The number of anilines is 2. The molecule has 2 unspecified atom stereocenters. The van der Waals surface area contributed by atoms with Gasteiger partial charge in [-0.2, -0.15) is 0 Å². The molecule has 11 heteroatoms. The van der Waals surface area contributed by atoms with Gasteiger partial charge in [0.1, 0.15) is 17.7 Å². The Morgan fingerprint density at radius 2 is 2.15 bits per heavy atom. The van der Waals surface area contributed by atoms with Crippen LogP contribution >= 0.6 is 0 Å². The van der Waals surface area contributed by atoms with E-state index in [-0.39, 0.29) is 30.4 Å². The van der Waals surface area contributed by atoms with Crippen LogP contribution in [0.2, 0.25) is 0 Å². The van der Waals surface area contributed by atoms with E-state index in [9.17, 15) is 14.0 Å². The summed E-state index contributed by atoms with van der Waals surface area (Å²) in [6, 6.07) is 3.34. The molecule has 5 rings (SSSR count). The lowest BCUT2D eigenvalue weighted by Crippen LogP contribution is -2.30. The molecule has 174 valence electrons. The number of amides is 2. The fourth-order valence-corrected chi connectivity index (χ4v) is 4.48. The molecule has 0 radical (unpaired) electrons. The Morgan fingerprint density at radius 3 is 3.00 bits per heavy atom. The molecule has 2 amide bonds. The number of nitrogens with one attached hydrogen (secondary N) is 2. The predicted octanol–water partition coefficient (Wildman–Crippen LogP) is 1.68. The van der Waals surface area contributed by atoms with Gasteiger partial charge in [-0.1, -0.05) is 0 Å². The van der Waals surface area contributed by atoms with Crippen molar-refractivity contribution in [3.05, 3.63) is 35.3 Å². The standard InChI is InChI=1S/C22H24FN5O5/c1-31-21-15-7-12(6-14(15)16(23)9-25-21)8-24-5-4-13-10-28(22(30)33-13)18-3-2-17-20(26-18)27-19(29)11-32-17/h2-3,9,12-13,24H,4-8,10-11H2,1H3,(H,26,27,29). The zero-order valence-electron chi connectivity index (χ0n) is 18.1. The van der Waals surface area contributed by atoms with Gasteiger partial charge in [-0.25, -0.2) is 19.2 Å². The second-order valence-corrected chi connectivity index (χ2v) is 8.31. The van der Waals surface area contributed by atoms with Gasteiger partial charge in [0.25, 0.3) is 5.91 Å². The molecule has 2 aliphatic heterocycles. The van der Waals surface area contributed by atoms with Gasteiger partial charge in [0.05, 0.1) is 19.9 Å². The SMILES string of the molecule is COc1ncc(F)c2c1CC(CNCCC1CN(c3ccc4c(n3)NC(=O)CO4)C(=O)O1)C2. The first-order valence-corrected chi connectivity index (χ1v) is 10.8. The summed E-state index contributed by atoms with van der Waals surface area (Å²) < 4.78 is 30.1. The Kier molecular flexibility index (Phi) is 5.71. The van der Waals surface area contributed by atoms with Gasteiger partial charge in [0.15, 0.2) is 18.2 Å². The molecule has 0 spiro atoms. The summed E-state index contributed by atoms with van der Waals surface area (Å²) >= 11 is 0. The van der Waals surface area contributed by atoms with Crippen molar-refractivity contribution in [2.75, 3.05) is 43.6 Å². The number of nitrogens with zero attached hydrogens (tertiary/aromatic N) is 3. The van der Waals surface area contributed by atoms with Crippen LogP contribution in [0.15, 0.2) is 18.3 Å². The van der Waals surface area contributed by atoms with E-state index in [1.807, 2.05) is 0 Å². The van der Waals surface area contributed by atoms with E-state index in [4.69, 9.17) is 14.2 Å². The number of ether oxygens (including phenoxy) is 3. The summed E-state index contributed by atoms with van der Waals surface area (Å²) in [5.41, 5.74) is 1.54. The van der Waals surface area contributed by atoms with Crippen molar-refractivity contribution in [1.29, 1.82) is 0 Å². The van der Waals surface area contributed by atoms with Crippen LogP contribution in [0.5, 0.6) is 11.6 Å². The highest BCUT2D eigenvalue weighted by molar-refractivity contribution is 5.95. The fraction of sp³-hybridized carbons (Fsp3) is 0.455. The lowest BCUT2D eigenvalue weighted by atomic mass is 10.1. The molecule has 3 aliphatic rings. The Balaban J connectivity index is 1.11. The van der Waals surface area contributed by atoms with Gasteiger partial charge in [-0.15, -0.1) is 0 Å². The second-order valence-electron chi connectivity index (χ2n) is 8.31. The van der Waals surface area contributed by atoms with Crippen molar-refractivity contribution in [3.63, 3.8) is 0 Å². The number of aromatic nitrogens is 2. The first-order chi connectivity index (χ1) is 16.0. The molecule has 1 fully saturated rings. The average molecular weight is 457 g/mol. The molecule has 0 bridgehead atoms. The second kappa shape index (κ2) is 8.81. The number of halogens is 1. The van der Waals surface area contributed by atoms with Crippen LogP contribution < -0.4 is 25.0 Å². The number of cyclic esters (lactones) is 1. The summed E-state index contributed by atoms with van der Waals surface area (Å²) in [5.74, 6) is 1.34. The first kappa shape index (κ1) is 21.4. The molecule has 10 nitrogen and oxygen atoms in total. The third-order valence-corrected chi connectivity index (χ3v) is 6.07. The highest BCUT2D eigenvalue weighted by atomic mass is 19.1.